The summed E-state index contributed by atoms with van der Waals surface area (Å²) in [4.78, 5) is 0.303. The van der Waals surface area contributed by atoms with Crippen LogP contribution in [0, 0.1) is 12.8 Å². The van der Waals surface area contributed by atoms with Gasteiger partial charge in [-0.1, -0.05) is 0 Å². The fourth-order valence-electron chi connectivity index (χ4n) is 2.50. The van der Waals surface area contributed by atoms with E-state index in [1.54, 1.807) is 18.2 Å². The summed E-state index contributed by atoms with van der Waals surface area (Å²) in [6.45, 7) is 6.78. The molecule has 0 saturated carbocycles. The minimum atomic E-state index is -3.44. The topological polar surface area (TPSA) is 67.4 Å². The Morgan fingerprint density at radius 2 is 2.05 bits per heavy atom. The predicted octanol–water partition coefficient (Wildman–Crippen LogP) is 1.67. The molecule has 6 heteroatoms. The first-order valence-corrected chi connectivity index (χ1v) is 8.95. The number of aryl methyl sites for hydroxylation is 1. The van der Waals surface area contributed by atoms with Gasteiger partial charge in [-0.2, -0.15) is 0 Å². The molecule has 0 bridgehead atoms. The molecule has 21 heavy (non-hydrogen) atoms. The van der Waals surface area contributed by atoms with Gasteiger partial charge < -0.3 is 10.1 Å². The number of ether oxygens (including phenoxy) is 1. The monoisotopic (exact) mass is 312 g/mol. The molecule has 0 aliphatic carbocycles. The Labute approximate surface area is 127 Å². The molecule has 0 aromatic heterocycles. The van der Waals surface area contributed by atoms with Crippen LogP contribution >= 0.6 is 0 Å². The van der Waals surface area contributed by atoms with Crippen molar-refractivity contribution < 1.29 is 13.2 Å². The van der Waals surface area contributed by atoms with E-state index in [0.29, 0.717) is 24.0 Å². The summed E-state index contributed by atoms with van der Waals surface area (Å²) in [7, 11) is -3.44. The van der Waals surface area contributed by atoms with Crippen molar-refractivity contribution in [3.05, 3.63) is 23.8 Å². The van der Waals surface area contributed by atoms with E-state index in [2.05, 4.69) is 10.0 Å². The highest BCUT2D eigenvalue weighted by atomic mass is 32.2. The maximum atomic E-state index is 12.3. The lowest BCUT2D eigenvalue weighted by Crippen LogP contribution is -2.36. The van der Waals surface area contributed by atoms with Crippen LogP contribution in [0.25, 0.3) is 0 Å². The van der Waals surface area contributed by atoms with Gasteiger partial charge in [0, 0.05) is 6.54 Å². The fourth-order valence-corrected chi connectivity index (χ4v) is 3.70. The van der Waals surface area contributed by atoms with Crippen molar-refractivity contribution >= 4 is 10.0 Å². The molecule has 2 N–H and O–H groups in total. The van der Waals surface area contributed by atoms with Crippen LogP contribution in [0.4, 0.5) is 0 Å². The van der Waals surface area contributed by atoms with Crippen LogP contribution in [-0.4, -0.2) is 34.7 Å². The number of piperidine rings is 1. The highest BCUT2D eigenvalue weighted by Gasteiger charge is 2.19. The van der Waals surface area contributed by atoms with E-state index in [4.69, 9.17) is 4.74 Å². The number of hydrogen-bond donors (Lipinski definition) is 2. The molecular formula is C15H24N2O3S. The predicted molar refractivity (Wildman–Crippen MR) is 83.1 cm³/mol. The smallest absolute Gasteiger partial charge is 0.240 e. The molecule has 2 rings (SSSR count). The second-order valence-electron chi connectivity index (χ2n) is 5.41. The van der Waals surface area contributed by atoms with Crippen molar-refractivity contribution in [3.63, 3.8) is 0 Å². The Morgan fingerprint density at radius 3 is 2.67 bits per heavy atom. The van der Waals surface area contributed by atoms with Crippen molar-refractivity contribution in [2.75, 3.05) is 26.2 Å². The minimum Gasteiger partial charge on any atom is -0.494 e. The van der Waals surface area contributed by atoms with Gasteiger partial charge in [0.25, 0.3) is 0 Å². The summed E-state index contributed by atoms with van der Waals surface area (Å²) < 4.78 is 32.8. The van der Waals surface area contributed by atoms with E-state index in [1.807, 2.05) is 13.8 Å². The number of benzene rings is 1. The van der Waals surface area contributed by atoms with Crippen molar-refractivity contribution in [2.45, 2.75) is 31.6 Å². The molecule has 1 saturated heterocycles. The Morgan fingerprint density at radius 1 is 1.33 bits per heavy atom. The van der Waals surface area contributed by atoms with Gasteiger partial charge in [-0.15, -0.1) is 0 Å². The van der Waals surface area contributed by atoms with Crippen LogP contribution in [0.1, 0.15) is 25.3 Å². The van der Waals surface area contributed by atoms with Crippen molar-refractivity contribution in [1.29, 1.82) is 0 Å². The molecular weight excluding hydrogens is 288 g/mol. The third-order valence-electron chi connectivity index (χ3n) is 3.78. The van der Waals surface area contributed by atoms with Gasteiger partial charge in [-0.3, -0.25) is 0 Å². The summed E-state index contributed by atoms with van der Waals surface area (Å²) in [6, 6.07) is 4.98. The van der Waals surface area contributed by atoms with Crippen molar-refractivity contribution in [2.24, 2.45) is 5.92 Å². The fraction of sp³-hybridized carbons (Fsp3) is 0.600. The molecule has 1 aliphatic rings. The maximum Gasteiger partial charge on any atom is 0.240 e. The number of rotatable bonds is 6. The summed E-state index contributed by atoms with van der Waals surface area (Å²) >= 11 is 0. The van der Waals surface area contributed by atoms with Crippen LogP contribution in [-0.2, 0) is 10.0 Å². The van der Waals surface area contributed by atoms with Crippen molar-refractivity contribution in [3.8, 4) is 5.75 Å². The van der Waals surface area contributed by atoms with Crippen LogP contribution in [0.5, 0.6) is 5.75 Å². The molecule has 0 unspecified atom stereocenters. The third kappa shape index (κ3) is 4.43. The lowest BCUT2D eigenvalue weighted by Gasteiger charge is -2.22. The molecule has 5 nitrogen and oxygen atoms in total. The van der Waals surface area contributed by atoms with Crippen LogP contribution < -0.4 is 14.8 Å². The summed E-state index contributed by atoms with van der Waals surface area (Å²) in [5.41, 5.74) is 0.835. The van der Waals surface area contributed by atoms with Crippen molar-refractivity contribution in [1.82, 2.24) is 10.0 Å². The van der Waals surface area contributed by atoms with E-state index in [9.17, 15) is 8.42 Å². The average molecular weight is 312 g/mol. The molecule has 0 atom stereocenters. The van der Waals surface area contributed by atoms with Gasteiger partial charge in [0.05, 0.1) is 11.5 Å². The van der Waals surface area contributed by atoms with Crippen LogP contribution in [0.15, 0.2) is 23.1 Å². The van der Waals surface area contributed by atoms with E-state index in [-0.39, 0.29) is 0 Å². The number of sulfonamides is 1. The second kappa shape index (κ2) is 7.24. The van der Waals surface area contributed by atoms with E-state index in [0.717, 1.165) is 37.2 Å². The average Bonchev–Trinajstić information content (AvgIpc) is 2.48. The zero-order chi connectivity index (χ0) is 15.3. The molecule has 0 spiro atoms. The first-order chi connectivity index (χ1) is 10.0. The molecule has 1 aromatic rings. The summed E-state index contributed by atoms with van der Waals surface area (Å²) in [5.74, 6) is 1.15. The normalized spacial score (nSPS) is 16.9. The lowest BCUT2D eigenvalue weighted by atomic mass is 9.99. The van der Waals surface area contributed by atoms with Gasteiger partial charge in [0.1, 0.15) is 5.75 Å². The Kier molecular flexibility index (Phi) is 5.61. The quantitative estimate of drug-likeness (QED) is 0.838. The van der Waals surface area contributed by atoms with E-state index < -0.39 is 10.0 Å². The van der Waals surface area contributed by atoms with Crippen LogP contribution in [0.2, 0.25) is 0 Å². The minimum absolute atomic E-state index is 0.303. The second-order valence-corrected chi connectivity index (χ2v) is 7.17. The van der Waals surface area contributed by atoms with Gasteiger partial charge in [-0.05, 0) is 69.5 Å². The standard InChI is InChI=1S/C15H24N2O3S/c1-3-20-15-5-4-14(10-12(15)2)21(18,19)17-11-13-6-8-16-9-7-13/h4-5,10,13,16-17H,3,6-9,11H2,1-2H3. The van der Waals surface area contributed by atoms with Gasteiger partial charge in [0.15, 0.2) is 0 Å². The molecule has 0 radical (unpaired) electrons. The van der Waals surface area contributed by atoms with Crippen LogP contribution in [0.3, 0.4) is 0 Å². The van der Waals surface area contributed by atoms with E-state index in [1.165, 1.54) is 0 Å². The van der Waals surface area contributed by atoms with Gasteiger partial charge in [-0.25, -0.2) is 13.1 Å². The zero-order valence-corrected chi connectivity index (χ0v) is 13.5. The summed E-state index contributed by atoms with van der Waals surface area (Å²) in [5, 5.41) is 3.28. The zero-order valence-electron chi connectivity index (χ0n) is 12.7. The molecule has 1 aromatic carbocycles. The molecule has 1 fully saturated rings. The highest BCUT2D eigenvalue weighted by molar-refractivity contribution is 7.89. The number of nitrogens with one attached hydrogen (secondary N) is 2. The number of hydrogen-bond acceptors (Lipinski definition) is 4. The first kappa shape index (κ1) is 16.3. The Balaban J connectivity index is 2.03. The highest BCUT2D eigenvalue weighted by Crippen LogP contribution is 2.22. The summed E-state index contributed by atoms with van der Waals surface area (Å²) in [6.07, 6.45) is 2.04. The molecule has 1 aliphatic heterocycles. The Bertz CT molecular complexity index is 566. The molecule has 1 heterocycles. The molecule has 0 amide bonds. The van der Waals surface area contributed by atoms with Gasteiger partial charge >= 0.3 is 0 Å². The Hall–Kier alpha value is -1.11. The molecule has 118 valence electrons. The van der Waals surface area contributed by atoms with Gasteiger partial charge in [0.2, 0.25) is 10.0 Å². The SMILES string of the molecule is CCOc1ccc(S(=O)(=O)NCC2CCNCC2)cc1C. The lowest BCUT2D eigenvalue weighted by molar-refractivity contribution is 0.337. The first-order valence-electron chi connectivity index (χ1n) is 7.46. The largest absolute Gasteiger partial charge is 0.494 e. The maximum absolute atomic E-state index is 12.3. The third-order valence-corrected chi connectivity index (χ3v) is 5.20. The van der Waals surface area contributed by atoms with E-state index >= 15 is 0 Å².